The fourth-order valence-corrected chi connectivity index (χ4v) is 1.75. The molecule has 0 unspecified atom stereocenters. The molecule has 0 aliphatic carbocycles. The monoisotopic (exact) mass is 223 g/mol. The van der Waals surface area contributed by atoms with Crippen LogP contribution < -0.4 is 4.90 Å². The minimum absolute atomic E-state index is 0.590. The van der Waals surface area contributed by atoms with Gasteiger partial charge in [-0.1, -0.05) is 18.2 Å². The molecule has 2 aromatic rings. The summed E-state index contributed by atoms with van der Waals surface area (Å²) >= 11 is 0. The van der Waals surface area contributed by atoms with Crippen molar-refractivity contribution < 1.29 is 0 Å². The highest BCUT2D eigenvalue weighted by Crippen LogP contribution is 2.24. The Morgan fingerprint density at radius 3 is 2.53 bits per heavy atom. The molecule has 0 N–H and O–H groups in total. The first kappa shape index (κ1) is 11.2. The molecule has 0 radical (unpaired) electrons. The summed E-state index contributed by atoms with van der Waals surface area (Å²) in [6, 6.07) is 14.0. The number of hydrogen-bond acceptors (Lipinski definition) is 3. The third kappa shape index (κ3) is 2.26. The Morgan fingerprint density at radius 1 is 1.24 bits per heavy atom. The van der Waals surface area contributed by atoms with Gasteiger partial charge in [0.05, 0.1) is 5.56 Å². The summed E-state index contributed by atoms with van der Waals surface area (Å²) in [5.41, 5.74) is 2.66. The van der Waals surface area contributed by atoms with Crippen molar-refractivity contribution in [2.24, 2.45) is 0 Å². The molecule has 0 amide bonds. The minimum Gasteiger partial charge on any atom is -0.329 e. The maximum atomic E-state index is 8.80. The van der Waals surface area contributed by atoms with Crippen LogP contribution in [0.15, 0.2) is 42.6 Å². The molecule has 1 aromatic carbocycles. The van der Waals surface area contributed by atoms with E-state index in [2.05, 4.69) is 11.1 Å². The van der Waals surface area contributed by atoms with E-state index < -0.39 is 0 Å². The number of anilines is 2. The van der Waals surface area contributed by atoms with E-state index in [1.54, 1.807) is 6.20 Å². The largest absolute Gasteiger partial charge is 0.329 e. The van der Waals surface area contributed by atoms with Crippen LogP contribution in [0.25, 0.3) is 0 Å². The van der Waals surface area contributed by atoms with Gasteiger partial charge in [0.15, 0.2) is 0 Å². The highest BCUT2D eigenvalue weighted by Gasteiger charge is 2.08. The Morgan fingerprint density at radius 2 is 1.94 bits per heavy atom. The van der Waals surface area contributed by atoms with Gasteiger partial charge in [0.2, 0.25) is 0 Å². The number of nitrogens with zero attached hydrogens (tertiary/aromatic N) is 3. The topological polar surface area (TPSA) is 39.9 Å². The molecule has 84 valence electrons. The molecule has 1 heterocycles. The fourth-order valence-electron chi connectivity index (χ4n) is 1.75. The molecule has 0 fully saturated rings. The zero-order chi connectivity index (χ0) is 12.3. The Balaban J connectivity index is 2.39. The van der Waals surface area contributed by atoms with E-state index in [1.807, 2.05) is 55.3 Å². The van der Waals surface area contributed by atoms with Crippen LogP contribution in [0, 0.1) is 18.3 Å². The summed E-state index contributed by atoms with van der Waals surface area (Å²) < 4.78 is 0. The van der Waals surface area contributed by atoms with Crippen LogP contribution in [0.3, 0.4) is 0 Å². The number of pyridine rings is 1. The van der Waals surface area contributed by atoms with Gasteiger partial charge in [-0.25, -0.2) is 4.98 Å². The van der Waals surface area contributed by atoms with Gasteiger partial charge >= 0.3 is 0 Å². The molecule has 2 rings (SSSR count). The van der Waals surface area contributed by atoms with E-state index in [9.17, 15) is 0 Å². The molecule has 0 saturated heterocycles. The third-order valence-corrected chi connectivity index (χ3v) is 2.64. The average Bonchev–Trinajstić information content (AvgIpc) is 2.39. The van der Waals surface area contributed by atoms with Crippen molar-refractivity contribution in [2.75, 3.05) is 11.9 Å². The standard InChI is InChI=1S/C14H13N3/c1-11-8-12(9-15)10-16-14(11)17(2)13-6-4-3-5-7-13/h3-8,10H,1-2H3. The molecule has 0 atom stereocenters. The normalized spacial score (nSPS) is 9.71. The summed E-state index contributed by atoms with van der Waals surface area (Å²) in [6.07, 6.45) is 1.60. The molecule has 0 spiro atoms. The summed E-state index contributed by atoms with van der Waals surface area (Å²) in [4.78, 5) is 6.34. The van der Waals surface area contributed by atoms with Crippen LogP contribution >= 0.6 is 0 Å². The summed E-state index contributed by atoms with van der Waals surface area (Å²) in [7, 11) is 1.97. The summed E-state index contributed by atoms with van der Waals surface area (Å²) in [5, 5.41) is 8.80. The van der Waals surface area contributed by atoms with E-state index in [0.717, 1.165) is 17.1 Å². The predicted molar refractivity (Wildman–Crippen MR) is 68.2 cm³/mol. The highest BCUT2D eigenvalue weighted by molar-refractivity contribution is 5.62. The number of nitriles is 1. The molecule has 3 heteroatoms. The number of hydrogen-bond donors (Lipinski definition) is 0. The van der Waals surface area contributed by atoms with Crippen molar-refractivity contribution >= 4 is 11.5 Å². The second-order valence-corrected chi connectivity index (χ2v) is 3.87. The lowest BCUT2D eigenvalue weighted by Gasteiger charge is -2.20. The van der Waals surface area contributed by atoms with Gasteiger partial charge < -0.3 is 4.90 Å². The zero-order valence-electron chi connectivity index (χ0n) is 9.88. The maximum Gasteiger partial charge on any atom is 0.135 e. The van der Waals surface area contributed by atoms with Crippen LogP contribution in [0.5, 0.6) is 0 Å². The first-order valence-corrected chi connectivity index (χ1v) is 5.38. The first-order valence-electron chi connectivity index (χ1n) is 5.38. The van der Waals surface area contributed by atoms with Crippen molar-refractivity contribution in [1.82, 2.24) is 4.98 Å². The predicted octanol–water partition coefficient (Wildman–Crippen LogP) is 3.03. The Kier molecular flexibility index (Phi) is 3.06. The second kappa shape index (κ2) is 4.67. The summed E-state index contributed by atoms with van der Waals surface area (Å²) in [5.74, 6) is 0.871. The fraction of sp³-hybridized carbons (Fsp3) is 0.143. The van der Waals surface area contributed by atoms with Gasteiger partial charge in [-0.3, -0.25) is 0 Å². The van der Waals surface area contributed by atoms with Crippen molar-refractivity contribution in [2.45, 2.75) is 6.92 Å². The number of benzene rings is 1. The smallest absolute Gasteiger partial charge is 0.135 e. The van der Waals surface area contributed by atoms with E-state index in [0.29, 0.717) is 5.56 Å². The van der Waals surface area contributed by atoms with Crippen molar-refractivity contribution in [3.63, 3.8) is 0 Å². The second-order valence-electron chi connectivity index (χ2n) is 3.87. The number of rotatable bonds is 2. The van der Waals surface area contributed by atoms with Gasteiger partial charge in [0, 0.05) is 18.9 Å². The van der Waals surface area contributed by atoms with Crippen molar-refractivity contribution in [3.05, 3.63) is 53.7 Å². The molecule has 0 bridgehead atoms. The molecule has 3 nitrogen and oxygen atoms in total. The lowest BCUT2D eigenvalue weighted by atomic mass is 10.2. The van der Waals surface area contributed by atoms with E-state index >= 15 is 0 Å². The molecule has 17 heavy (non-hydrogen) atoms. The van der Waals surface area contributed by atoms with Crippen molar-refractivity contribution in [3.8, 4) is 6.07 Å². The van der Waals surface area contributed by atoms with Crippen molar-refractivity contribution in [1.29, 1.82) is 5.26 Å². The van der Waals surface area contributed by atoms with Gasteiger partial charge in [-0.05, 0) is 30.7 Å². The van der Waals surface area contributed by atoms with Crippen LogP contribution in [-0.2, 0) is 0 Å². The lowest BCUT2D eigenvalue weighted by Crippen LogP contribution is -2.12. The lowest BCUT2D eigenvalue weighted by molar-refractivity contribution is 1.10. The van der Waals surface area contributed by atoms with Crippen LogP contribution in [0.4, 0.5) is 11.5 Å². The van der Waals surface area contributed by atoms with Crippen LogP contribution in [0.2, 0.25) is 0 Å². The summed E-state index contributed by atoms with van der Waals surface area (Å²) in [6.45, 7) is 1.96. The first-order chi connectivity index (χ1) is 8.22. The van der Waals surface area contributed by atoms with Crippen LogP contribution in [-0.4, -0.2) is 12.0 Å². The average molecular weight is 223 g/mol. The number of aryl methyl sites for hydroxylation is 1. The van der Waals surface area contributed by atoms with Gasteiger partial charge in [0.25, 0.3) is 0 Å². The molecular weight excluding hydrogens is 210 g/mol. The third-order valence-electron chi connectivity index (χ3n) is 2.64. The quantitative estimate of drug-likeness (QED) is 0.785. The zero-order valence-corrected chi connectivity index (χ0v) is 9.88. The molecule has 0 aliphatic rings. The number of para-hydroxylation sites is 1. The molecule has 0 saturated carbocycles. The van der Waals surface area contributed by atoms with Gasteiger partial charge in [0.1, 0.15) is 11.9 Å². The molecule has 0 aliphatic heterocycles. The Labute approximate surface area is 101 Å². The Hall–Kier alpha value is -2.34. The van der Waals surface area contributed by atoms with E-state index in [1.165, 1.54) is 0 Å². The highest BCUT2D eigenvalue weighted by atomic mass is 15.2. The van der Waals surface area contributed by atoms with Gasteiger partial charge in [-0.15, -0.1) is 0 Å². The Bertz CT molecular complexity index is 555. The number of aromatic nitrogens is 1. The van der Waals surface area contributed by atoms with Gasteiger partial charge in [-0.2, -0.15) is 5.26 Å². The van der Waals surface area contributed by atoms with Crippen LogP contribution in [0.1, 0.15) is 11.1 Å². The maximum absolute atomic E-state index is 8.80. The minimum atomic E-state index is 0.590. The molecule has 1 aromatic heterocycles. The van der Waals surface area contributed by atoms with E-state index in [-0.39, 0.29) is 0 Å². The SMILES string of the molecule is Cc1cc(C#N)cnc1N(C)c1ccccc1. The molecular formula is C14H13N3. The van der Waals surface area contributed by atoms with E-state index in [4.69, 9.17) is 5.26 Å².